The molecule has 0 aliphatic carbocycles. The Balaban J connectivity index is 1.86. The summed E-state index contributed by atoms with van der Waals surface area (Å²) in [6.45, 7) is 5.00. The van der Waals surface area contributed by atoms with Crippen LogP contribution in [-0.4, -0.2) is 9.97 Å². The number of hydrogen-bond donors (Lipinski definition) is 1. The van der Waals surface area contributed by atoms with Crippen LogP contribution in [0.25, 0.3) is 10.9 Å². The molecule has 0 amide bonds. The van der Waals surface area contributed by atoms with Gasteiger partial charge in [-0.3, -0.25) is 4.79 Å². The van der Waals surface area contributed by atoms with Gasteiger partial charge in [0.05, 0.1) is 10.9 Å². The van der Waals surface area contributed by atoms with Crippen molar-refractivity contribution in [1.82, 2.24) is 9.97 Å². The standard InChI is InChI=1S/C19H21N3O/c1-3-14(4-2)15-9-11-22(12-10-15)13-18-20-17-8-6-5-7-16(17)19(23)21-18/h5-12,14H,3-4,13H2,1-2H3/p+1. The molecule has 2 heterocycles. The average Bonchev–Trinajstić information content (AvgIpc) is 2.57. The molecule has 0 saturated carbocycles. The lowest BCUT2D eigenvalue weighted by molar-refractivity contribution is -0.689. The molecule has 0 aliphatic rings. The Hall–Kier alpha value is -2.49. The van der Waals surface area contributed by atoms with Crippen LogP contribution in [0.5, 0.6) is 0 Å². The zero-order chi connectivity index (χ0) is 16.2. The monoisotopic (exact) mass is 308 g/mol. The van der Waals surface area contributed by atoms with Crippen LogP contribution in [0.4, 0.5) is 0 Å². The molecule has 1 aromatic carbocycles. The van der Waals surface area contributed by atoms with Gasteiger partial charge in [0, 0.05) is 12.1 Å². The van der Waals surface area contributed by atoms with Crippen molar-refractivity contribution in [2.75, 3.05) is 0 Å². The van der Waals surface area contributed by atoms with Gasteiger partial charge in [-0.15, -0.1) is 0 Å². The fourth-order valence-electron chi connectivity index (χ4n) is 2.99. The molecule has 4 heteroatoms. The maximum atomic E-state index is 12.1. The third-order valence-corrected chi connectivity index (χ3v) is 4.37. The maximum Gasteiger partial charge on any atom is 0.258 e. The quantitative estimate of drug-likeness (QED) is 0.736. The van der Waals surface area contributed by atoms with E-state index in [1.807, 2.05) is 22.8 Å². The van der Waals surface area contributed by atoms with Crippen LogP contribution in [0.3, 0.4) is 0 Å². The van der Waals surface area contributed by atoms with Crippen LogP contribution >= 0.6 is 0 Å². The van der Waals surface area contributed by atoms with E-state index in [1.165, 1.54) is 5.56 Å². The summed E-state index contributed by atoms with van der Waals surface area (Å²) in [6, 6.07) is 11.7. The van der Waals surface area contributed by atoms with Gasteiger partial charge in [0.15, 0.2) is 18.2 Å². The minimum Gasteiger partial charge on any atom is -0.305 e. The van der Waals surface area contributed by atoms with Crippen molar-refractivity contribution in [3.05, 3.63) is 70.5 Å². The van der Waals surface area contributed by atoms with Crippen LogP contribution < -0.4 is 10.1 Å². The molecule has 0 saturated heterocycles. The number of fused-ring (bicyclic) bond motifs is 1. The third-order valence-electron chi connectivity index (χ3n) is 4.37. The smallest absolute Gasteiger partial charge is 0.258 e. The van der Waals surface area contributed by atoms with Crippen LogP contribution in [-0.2, 0) is 6.54 Å². The minimum atomic E-state index is -0.0835. The van der Waals surface area contributed by atoms with Gasteiger partial charge in [0.25, 0.3) is 5.56 Å². The number of nitrogens with one attached hydrogen (secondary N) is 1. The van der Waals surface area contributed by atoms with Gasteiger partial charge in [-0.05, 0) is 36.5 Å². The molecule has 0 unspecified atom stereocenters. The van der Waals surface area contributed by atoms with Gasteiger partial charge < -0.3 is 4.98 Å². The molecular weight excluding hydrogens is 286 g/mol. The number of benzene rings is 1. The van der Waals surface area contributed by atoms with E-state index < -0.39 is 0 Å². The molecule has 0 bridgehead atoms. The largest absolute Gasteiger partial charge is 0.305 e. The van der Waals surface area contributed by atoms with Crippen molar-refractivity contribution in [3.63, 3.8) is 0 Å². The highest BCUT2D eigenvalue weighted by Gasteiger charge is 2.11. The highest BCUT2D eigenvalue weighted by molar-refractivity contribution is 5.77. The van der Waals surface area contributed by atoms with E-state index in [-0.39, 0.29) is 5.56 Å². The Morgan fingerprint density at radius 2 is 1.78 bits per heavy atom. The Morgan fingerprint density at radius 3 is 2.48 bits per heavy atom. The van der Waals surface area contributed by atoms with E-state index in [0.717, 1.165) is 18.4 Å². The Labute approximate surface area is 135 Å². The maximum absolute atomic E-state index is 12.1. The van der Waals surface area contributed by atoms with Crippen molar-refractivity contribution in [2.45, 2.75) is 39.2 Å². The van der Waals surface area contributed by atoms with Crippen LogP contribution in [0.15, 0.2) is 53.6 Å². The predicted octanol–water partition coefficient (Wildman–Crippen LogP) is 3.16. The molecule has 0 aliphatic heterocycles. The summed E-state index contributed by atoms with van der Waals surface area (Å²) in [5, 5.41) is 0.630. The Kier molecular flexibility index (Phi) is 4.51. The summed E-state index contributed by atoms with van der Waals surface area (Å²) in [6.07, 6.45) is 6.42. The molecule has 0 fully saturated rings. The minimum absolute atomic E-state index is 0.0835. The van der Waals surface area contributed by atoms with E-state index in [2.05, 4.69) is 48.3 Å². The fourth-order valence-corrected chi connectivity index (χ4v) is 2.99. The number of hydrogen-bond acceptors (Lipinski definition) is 2. The first-order chi connectivity index (χ1) is 11.2. The van der Waals surface area contributed by atoms with Gasteiger partial charge in [0.2, 0.25) is 6.54 Å². The first-order valence-electron chi connectivity index (χ1n) is 8.18. The lowest BCUT2D eigenvalue weighted by Gasteiger charge is -2.11. The molecule has 23 heavy (non-hydrogen) atoms. The fraction of sp³-hybridized carbons (Fsp3) is 0.316. The average molecular weight is 308 g/mol. The third kappa shape index (κ3) is 3.31. The second kappa shape index (κ2) is 6.73. The molecule has 0 spiro atoms. The molecule has 3 aromatic rings. The first-order valence-corrected chi connectivity index (χ1v) is 8.18. The van der Waals surface area contributed by atoms with E-state index in [9.17, 15) is 4.79 Å². The van der Waals surface area contributed by atoms with Gasteiger partial charge in [-0.25, -0.2) is 4.98 Å². The van der Waals surface area contributed by atoms with Crippen molar-refractivity contribution in [2.24, 2.45) is 0 Å². The van der Waals surface area contributed by atoms with Crippen LogP contribution in [0.2, 0.25) is 0 Å². The number of aromatic nitrogens is 3. The Bertz CT molecular complexity index is 848. The summed E-state index contributed by atoms with van der Waals surface area (Å²) >= 11 is 0. The molecule has 0 radical (unpaired) electrons. The summed E-state index contributed by atoms with van der Waals surface area (Å²) in [5.74, 6) is 1.29. The summed E-state index contributed by atoms with van der Waals surface area (Å²) in [4.78, 5) is 19.5. The molecular formula is C19H22N3O+. The SMILES string of the molecule is CCC(CC)c1cc[n+](Cc2nc3ccccc3c(=O)[nH]2)cc1. The lowest BCUT2D eigenvalue weighted by Crippen LogP contribution is -2.35. The highest BCUT2D eigenvalue weighted by atomic mass is 16.1. The predicted molar refractivity (Wildman–Crippen MR) is 91.4 cm³/mol. The van der Waals surface area contributed by atoms with Gasteiger partial charge in [-0.1, -0.05) is 26.0 Å². The zero-order valence-electron chi connectivity index (χ0n) is 13.6. The molecule has 1 N–H and O–H groups in total. The Morgan fingerprint density at radius 1 is 1.09 bits per heavy atom. The first kappa shape index (κ1) is 15.4. The number of nitrogens with zero attached hydrogens (tertiary/aromatic N) is 2. The number of rotatable bonds is 5. The zero-order valence-corrected chi connectivity index (χ0v) is 13.6. The molecule has 118 valence electrons. The second-order valence-electron chi connectivity index (χ2n) is 5.85. The lowest BCUT2D eigenvalue weighted by atomic mass is 9.95. The normalized spacial score (nSPS) is 11.3. The summed E-state index contributed by atoms with van der Waals surface area (Å²) < 4.78 is 2.04. The molecule has 0 atom stereocenters. The van der Waals surface area contributed by atoms with E-state index >= 15 is 0 Å². The summed E-state index contributed by atoms with van der Waals surface area (Å²) in [7, 11) is 0. The second-order valence-corrected chi connectivity index (χ2v) is 5.85. The van der Waals surface area contributed by atoms with E-state index in [1.54, 1.807) is 6.07 Å². The highest BCUT2D eigenvalue weighted by Crippen LogP contribution is 2.21. The van der Waals surface area contributed by atoms with Gasteiger partial charge >= 0.3 is 0 Å². The number of H-pyrrole nitrogens is 1. The molecule has 4 nitrogen and oxygen atoms in total. The van der Waals surface area contributed by atoms with E-state index in [4.69, 9.17) is 0 Å². The van der Waals surface area contributed by atoms with Crippen molar-refractivity contribution in [3.8, 4) is 0 Å². The topological polar surface area (TPSA) is 49.6 Å². The number of para-hydroxylation sites is 1. The van der Waals surface area contributed by atoms with Crippen molar-refractivity contribution >= 4 is 10.9 Å². The van der Waals surface area contributed by atoms with Crippen LogP contribution in [0.1, 0.15) is 44.0 Å². The molecule has 3 rings (SSSR count). The molecule has 2 aromatic heterocycles. The van der Waals surface area contributed by atoms with E-state index in [0.29, 0.717) is 23.7 Å². The van der Waals surface area contributed by atoms with Gasteiger partial charge in [0.1, 0.15) is 0 Å². The van der Waals surface area contributed by atoms with Gasteiger partial charge in [-0.2, -0.15) is 4.57 Å². The van der Waals surface area contributed by atoms with Crippen molar-refractivity contribution < 1.29 is 4.57 Å². The van der Waals surface area contributed by atoms with Crippen molar-refractivity contribution in [1.29, 1.82) is 0 Å². The number of aromatic amines is 1. The summed E-state index contributed by atoms with van der Waals surface area (Å²) in [5.41, 5.74) is 2.02. The number of pyridine rings is 1. The van der Waals surface area contributed by atoms with Crippen LogP contribution in [0, 0.1) is 0 Å².